The maximum absolute atomic E-state index is 12.1. The standard InChI is InChI=1S/C14H21N3O2/c1-10-8-11(4-5-12(10)17-15)13(18)16-9-14(2)6-3-7-19-14/h4-5,8,17H,3,6-7,9,15H2,1-2H3,(H,16,18). The average molecular weight is 263 g/mol. The van der Waals surface area contributed by atoms with Crippen molar-refractivity contribution in [2.24, 2.45) is 5.84 Å². The third-order valence-corrected chi connectivity index (χ3v) is 3.57. The van der Waals surface area contributed by atoms with E-state index in [1.54, 1.807) is 12.1 Å². The average Bonchev–Trinajstić information content (AvgIpc) is 2.83. The van der Waals surface area contributed by atoms with E-state index in [-0.39, 0.29) is 11.5 Å². The molecule has 0 bridgehead atoms. The first-order valence-corrected chi connectivity index (χ1v) is 6.53. The molecule has 4 N–H and O–H groups in total. The van der Waals surface area contributed by atoms with Crippen LogP contribution in [-0.4, -0.2) is 24.7 Å². The smallest absolute Gasteiger partial charge is 0.251 e. The van der Waals surface area contributed by atoms with Crippen molar-refractivity contribution >= 4 is 11.6 Å². The molecule has 1 aliphatic heterocycles. The predicted octanol–water partition coefficient (Wildman–Crippen LogP) is 1.58. The summed E-state index contributed by atoms with van der Waals surface area (Å²) in [5.74, 6) is 5.29. The van der Waals surface area contributed by atoms with E-state index in [1.165, 1.54) is 0 Å². The Hall–Kier alpha value is -1.59. The number of carbonyl (C=O) groups is 1. The van der Waals surface area contributed by atoms with E-state index in [9.17, 15) is 4.79 Å². The molecule has 1 atom stereocenters. The largest absolute Gasteiger partial charge is 0.373 e. The van der Waals surface area contributed by atoms with Gasteiger partial charge in [0.15, 0.2) is 0 Å². The van der Waals surface area contributed by atoms with Crippen LogP contribution in [0, 0.1) is 6.92 Å². The topological polar surface area (TPSA) is 76.4 Å². The zero-order chi connectivity index (χ0) is 13.9. The fourth-order valence-electron chi connectivity index (χ4n) is 2.31. The minimum atomic E-state index is -0.219. The number of hydrogen-bond acceptors (Lipinski definition) is 4. The van der Waals surface area contributed by atoms with Gasteiger partial charge >= 0.3 is 0 Å². The van der Waals surface area contributed by atoms with Gasteiger partial charge in [-0.2, -0.15) is 0 Å². The van der Waals surface area contributed by atoms with Crippen molar-refractivity contribution in [2.45, 2.75) is 32.3 Å². The van der Waals surface area contributed by atoms with Gasteiger partial charge < -0.3 is 15.5 Å². The number of aryl methyl sites for hydroxylation is 1. The molecular formula is C14H21N3O2. The van der Waals surface area contributed by atoms with Crippen LogP contribution in [0.25, 0.3) is 0 Å². The first-order chi connectivity index (χ1) is 9.04. The second kappa shape index (κ2) is 5.59. The van der Waals surface area contributed by atoms with Crippen LogP contribution in [0.4, 0.5) is 5.69 Å². The number of ether oxygens (including phenoxy) is 1. The van der Waals surface area contributed by atoms with Crippen LogP contribution in [0.5, 0.6) is 0 Å². The first kappa shape index (κ1) is 13.8. The van der Waals surface area contributed by atoms with Crippen molar-refractivity contribution in [1.29, 1.82) is 0 Å². The number of hydrazine groups is 1. The molecule has 2 rings (SSSR count). The number of nitrogens with one attached hydrogen (secondary N) is 2. The van der Waals surface area contributed by atoms with E-state index in [1.807, 2.05) is 19.9 Å². The SMILES string of the molecule is Cc1cc(C(=O)NCC2(C)CCCO2)ccc1NN. The predicted molar refractivity (Wildman–Crippen MR) is 74.9 cm³/mol. The highest BCUT2D eigenvalue weighted by Gasteiger charge is 2.30. The molecule has 1 unspecified atom stereocenters. The fraction of sp³-hybridized carbons (Fsp3) is 0.500. The molecule has 19 heavy (non-hydrogen) atoms. The molecule has 1 aromatic carbocycles. The molecule has 0 aromatic heterocycles. The molecule has 1 aliphatic rings. The van der Waals surface area contributed by atoms with Gasteiger partial charge in [0.1, 0.15) is 0 Å². The highest BCUT2D eigenvalue weighted by atomic mass is 16.5. The highest BCUT2D eigenvalue weighted by Crippen LogP contribution is 2.24. The molecule has 1 fully saturated rings. The van der Waals surface area contributed by atoms with Crippen LogP contribution in [-0.2, 0) is 4.74 Å². The summed E-state index contributed by atoms with van der Waals surface area (Å²) in [6, 6.07) is 5.38. The second-order valence-electron chi connectivity index (χ2n) is 5.26. The van der Waals surface area contributed by atoms with Crippen molar-refractivity contribution in [1.82, 2.24) is 5.32 Å². The molecule has 0 aliphatic carbocycles. The fourth-order valence-corrected chi connectivity index (χ4v) is 2.31. The first-order valence-electron chi connectivity index (χ1n) is 6.53. The minimum absolute atomic E-state index is 0.0802. The van der Waals surface area contributed by atoms with E-state index in [4.69, 9.17) is 10.6 Å². The third kappa shape index (κ3) is 3.24. The number of carbonyl (C=O) groups excluding carboxylic acids is 1. The van der Waals surface area contributed by atoms with E-state index in [2.05, 4.69) is 10.7 Å². The molecular weight excluding hydrogens is 242 g/mol. The molecule has 104 valence electrons. The number of benzene rings is 1. The van der Waals surface area contributed by atoms with Crippen LogP contribution in [0.15, 0.2) is 18.2 Å². The number of anilines is 1. The summed E-state index contributed by atoms with van der Waals surface area (Å²) in [6.45, 7) is 5.27. The van der Waals surface area contributed by atoms with Crippen LogP contribution < -0.4 is 16.6 Å². The Balaban J connectivity index is 1.98. The molecule has 0 spiro atoms. The highest BCUT2D eigenvalue weighted by molar-refractivity contribution is 5.94. The van der Waals surface area contributed by atoms with Gasteiger partial charge in [0, 0.05) is 18.7 Å². The molecule has 5 nitrogen and oxygen atoms in total. The van der Waals surface area contributed by atoms with Gasteiger partial charge in [0.25, 0.3) is 5.91 Å². The van der Waals surface area contributed by atoms with Gasteiger partial charge in [-0.3, -0.25) is 10.6 Å². The summed E-state index contributed by atoms with van der Waals surface area (Å²) in [6.07, 6.45) is 2.05. The van der Waals surface area contributed by atoms with Crippen molar-refractivity contribution < 1.29 is 9.53 Å². The van der Waals surface area contributed by atoms with Crippen molar-refractivity contribution in [2.75, 3.05) is 18.6 Å². The summed E-state index contributed by atoms with van der Waals surface area (Å²) < 4.78 is 5.65. The lowest BCUT2D eigenvalue weighted by molar-refractivity contribution is 0.0206. The van der Waals surface area contributed by atoms with E-state index in [0.29, 0.717) is 12.1 Å². The lowest BCUT2D eigenvalue weighted by Gasteiger charge is -2.23. The maximum atomic E-state index is 12.1. The quantitative estimate of drug-likeness (QED) is 0.569. The van der Waals surface area contributed by atoms with Crippen LogP contribution in [0.1, 0.15) is 35.7 Å². The molecule has 0 radical (unpaired) electrons. The Morgan fingerprint density at radius 2 is 2.32 bits per heavy atom. The molecule has 5 heteroatoms. The summed E-state index contributed by atoms with van der Waals surface area (Å²) in [5.41, 5.74) is 4.78. The van der Waals surface area contributed by atoms with Crippen LogP contribution >= 0.6 is 0 Å². The van der Waals surface area contributed by atoms with Gasteiger partial charge in [0.2, 0.25) is 0 Å². The summed E-state index contributed by atoms with van der Waals surface area (Å²) >= 11 is 0. The van der Waals surface area contributed by atoms with Crippen LogP contribution in [0.3, 0.4) is 0 Å². The maximum Gasteiger partial charge on any atom is 0.251 e. The van der Waals surface area contributed by atoms with Crippen molar-refractivity contribution in [3.05, 3.63) is 29.3 Å². The van der Waals surface area contributed by atoms with Crippen molar-refractivity contribution in [3.63, 3.8) is 0 Å². The number of amides is 1. The van der Waals surface area contributed by atoms with Crippen molar-refractivity contribution in [3.8, 4) is 0 Å². The lowest BCUT2D eigenvalue weighted by Crippen LogP contribution is -2.40. The Labute approximate surface area is 113 Å². The summed E-state index contributed by atoms with van der Waals surface area (Å²) in [5, 5.41) is 2.93. The normalized spacial score (nSPS) is 22.3. The van der Waals surface area contributed by atoms with E-state index in [0.717, 1.165) is 30.7 Å². The zero-order valence-electron chi connectivity index (χ0n) is 11.5. The van der Waals surface area contributed by atoms with Crippen LogP contribution in [0.2, 0.25) is 0 Å². The Kier molecular flexibility index (Phi) is 4.07. The van der Waals surface area contributed by atoms with Gasteiger partial charge in [-0.25, -0.2) is 0 Å². The van der Waals surface area contributed by atoms with Gasteiger partial charge in [-0.05, 0) is 50.5 Å². The number of rotatable bonds is 4. The second-order valence-corrected chi connectivity index (χ2v) is 5.26. The Morgan fingerprint density at radius 1 is 1.53 bits per heavy atom. The molecule has 0 saturated carbocycles. The molecule has 1 amide bonds. The lowest BCUT2D eigenvalue weighted by atomic mass is 10.0. The van der Waals surface area contributed by atoms with Gasteiger partial charge in [0.05, 0.1) is 11.3 Å². The zero-order valence-corrected chi connectivity index (χ0v) is 11.5. The Morgan fingerprint density at radius 3 is 2.89 bits per heavy atom. The number of hydrogen-bond donors (Lipinski definition) is 3. The Bertz CT molecular complexity index is 468. The summed E-state index contributed by atoms with van der Waals surface area (Å²) in [7, 11) is 0. The van der Waals surface area contributed by atoms with E-state index < -0.39 is 0 Å². The van der Waals surface area contributed by atoms with E-state index >= 15 is 0 Å². The number of nitrogen functional groups attached to an aromatic ring is 1. The van der Waals surface area contributed by atoms with Gasteiger partial charge in [-0.15, -0.1) is 0 Å². The molecule has 1 aromatic rings. The monoisotopic (exact) mass is 263 g/mol. The third-order valence-electron chi connectivity index (χ3n) is 3.57. The number of nitrogens with two attached hydrogens (primary N) is 1. The molecule has 1 heterocycles. The molecule has 1 saturated heterocycles. The van der Waals surface area contributed by atoms with Gasteiger partial charge in [-0.1, -0.05) is 0 Å². The summed E-state index contributed by atoms with van der Waals surface area (Å²) in [4.78, 5) is 12.1. The minimum Gasteiger partial charge on any atom is -0.373 e.